The zero-order valence-corrected chi connectivity index (χ0v) is 7.03. The molecule has 0 spiro atoms. The molecule has 0 aliphatic heterocycles. The summed E-state index contributed by atoms with van der Waals surface area (Å²) < 4.78 is 0. The van der Waals surface area contributed by atoms with E-state index in [1.54, 1.807) is 14.0 Å². The van der Waals surface area contributed by atoms with E-state index in [2.05, 4.69) is 22.5 Å². The zero-order valence-electron chi connectivity index (χ0n) is 7.03. The summed E-state index contributed by atoms with van der Waals surface area (Å²) in [6.45, 7) is 2.95. The first kappa shape index (κ1) is 9.99. The fourth-order valence-corrected chi connectivity index (χ4v) is 0.566. The Bertz CT molecular complexity index is 167. The smallest absolute Gasteiger partial charge is 0.233 e. The van der Waals surface area contributed by atoms with Crippen molar-refractivity contribution in [3.63, 3.8) is 0 Å². The quantitative estimate of drug-likeness (QED) is 0.432. The second kappa shape index (κ2) is 7.10. The second-order valence-electron chi connectivity index (χ2n) is 2.03. The van der Waals surface area contributed by atoms with Crippen molar-refractivity contribution in [2.45, 2.75) is 13.3 Å². The fraction of sp³-hybridized carbons (Fsp3) is 0.625. The molecule has 0 aromatic rings. The van der Waals surface area contributed by atoms with Crippen molar-refractivity contribution in [3.05, 3.63) is 0 Å². The van der Waals surface area contributed by atoms with Gasteiger partial charge in [-0.1, -0.05) is 0 Å². The summed E-state index contributed by atoms with van der Waals surface area (Å²) in [5.41, 5.74) is 0. The van der Waals surface area contributed by atoms with Crippen LogP contribution >= 0.6 is 0 Å². The van der Waals surface area contributed by atoms with Crippen LogP contribution in [0, 0.1) is 11.8 Å². The molecule has 0 unspecified atom stereocenters. The molecule has 3 nitrogen and oxygen atoms in total. The van der Waals surface area contributed by atoms with Crippen molar-refractivity contribution in [3.8, 4) is 11.8 Å². The first-order chi connectivity index (χ1) is 5.31. The van der Waals surface area contributed by atoms with Crippen molar-refractivity contribution >= 4 is 5.91 Å². The Balaban J connectivity index is 3.12. The number of rotatable bonds is 4. The molecule has 2 N–H and O–H groups in total. The highest BCUT2D eigenvalue weighted by molar-refractivity contribution is 5.77. The van der Waals surface area contributed by atoms with Crippen molar-refractivity contribution in [1.82, 2.24) is 10.6 Å². The van der Waals surface area contributed by atoms with Gasteiger partial charge in [0.05, 0.1) is 6.54 Å². The third-order valence-corrected chi connectivity index (χ3v) is 1.17. The predicted octanol–water partition coefficient (Wildman–Crippen LogP) is -0.265. The highest BCUT2D eigenvalue weighted by atomic mass is 16.1. The Morgan fingerprint density at radius 1 is 1.55 bits per heavy atom. The number of carbonyl (C=O) groups excluding carboxylic acids is 1. The molecule has 0 aliphatic rings. The minimum atomic E-state index is 0.00876. The van der Waals surface area contributed by atoms with Gasteiger partial charge >= 0.3 is 0 Å². The van der Waals surface area contributed by atoms with Gasteiger partial charge in [0.25, 0.3) is 0 Å². The minimum Gasteiger partial charge on any atom is -0.358 e. The van der Waals surface area contributed by atoms with Crippen LogP contribution in [-0.4, -0.2) is 26.0 Å². The molecule has 0 aromatic carbocycles. The number of amides is 1. The van der Waals surface area contributed by atoms with Gasteiger partial charge in [-0.2, -0.15) is 0 Å². The molecule has 0 heterocycles. The average Bonchev–Trinajstić information content (AvgIpc) is 2.04. The number of likely N-dealkylation sites (N-methyl/N-ethyl adjacent to an activating group) is 1. The number of hydrogen-bond donors (Lipinski definition) is 2. The van der Waals surface area contributed by atoms with Gasteiger partial charge in [0.2, 0.25) is 5.91 Å². The monoisotopic (exact) mass is 154 g/mol. The molecule has 0 aromatic heterocycles. The van der Waals surface area contributed by atoms with Crippen LogP contribution < -0.4 is 10.6 Å². The van der Waals surface area contributed by atoms with Gasteiger partial charge in [0.15, 0.2) is 0 Å². The summed E-state index contributed by atoms with van der Waals surface area (Å²) in [5, 5.41) is 5.47. The molecule has 0 atom stereocenters. The molecular formula is C8H14N2O. The van der Waals surface area contributed by atoms with Crippen LogP contribution in [0.15, 0.2) is 0 Å². The van der Waals surface area contributed by atoms with E-state index in [4.69, 9.17) is 0 Å². The van der Waals surface area contributed by atoms with E-state index in [0.717, 1.165) is 13.0 Å². The summed E-state index contributed by atoms with van der Waals surface area (Å²) in [7, 11) is 1.62. The molecule has 0 aliphatic carbocycles. The molecule has 1 amide bonds. The largest absolute Gasteiger partial charge is 0.358 e. The van der Waals surface area contributed by atoms with Gasteiger partial charge in [-0.3, -0.25) is 4.79 Å². The molecular weight excluding hydrogens is 140 g/mol. The van der Waals surface area contributed by atoms with Crippen LogP contribution in [0.25, 0.3) is 0 Å². The van der Waals surface area contributed by atoms with Crippen LogP contribution in [0.1, 0.15) is 13.3 Å². The van der Waals surface area contributed by atoms with E-state index in [1.807, 2.05) is 0 Å². The van der Waals surface area contributed by atoms with E-state index < -0.39 is 0 Å². The topological polar surface area (TPSA) is 41.1 Å². The summed E-state index contributed by atoms with van der Waals surface area (Å²) >= 11 is 0. The maximum absolute atomic E-state index is 10.6. The lowest BCUT2D eigenvalue weighted by Crippen LogP contribution is -2.31. The highest BCUT2D eigenvalue weighted by Gasteiger charge is 1.93. The molecule has 0 bridgehead atoms. The Morgan fingerprint density at radius 2 is 2.27 bits per heavy atom. The molecule has 11 heavy (non-hydrogen) atoms. The number of carbonyl (C=O) groups is 1. The van der Waals surface area contributed by atoms with Crippen LogP contribution in [0.5, 0.6) is 0 Å². The third kappa shape index (κ3) is 6.88. The molecule has 3 heteroatoms. The van der Waals surface area contributed by atoms with Crippen molar-refractivity contribution in [2.75, 3.05) is 20.1 Å². The van der Waals surface area contributed by atoms with Crippen molar-refractivity contribution in [1.29, 1.82) is 0 Å². The maximum Gasteiger partial charge on any atom is 0.233 e. The Kier molecular flexibility index (Phi) is 6.45. The van der Waals surface area contributed by atoms with Crippen LogP contribution in [0.2, 0.25) is 0 Å². The van der Waals surface area contributed by atoms with Crippen molar-refractivity contribution < 1.29 is 4.79 Å². The third-order valence-electron chi connectivity index (χ3n) is 1.17. The molecule has 0 rings (SSSR count). The predicted molar refractivity (Wildman–Crippen MR) is 45.0 cm³/mol. The van der Waals surface area contributed by atoms with Gasteiger partial charge in [-0.05, 0) is 6.92 Å². The lowest BCUT2D eigenvalue weighted by Gasteiger charge is -1.99. The Labute approximate surface area is 67.6 Å². The molecule has 0 saturated carbocycles. The van der Waals surface area contributed by atoms with E-state index in [9.17, 15) is 4.79 Å². The molecule has 0 fully saturated rings. The normalized spacial score (nSPS) is 8.18. The number of hydrogen-bond acceptors (Lipinski definition) is 2. The molecule has 0 radical (unpaired) electrons. The van der Waals surface area contributed by atoms with Gasteiger partial charge < -0.3 is 10.6 Å². The zero-order chi connectivity index (χ0) is 8.53. The second-order valence-corrected chi connectivity index (χ2v) is 2.03. The Morgan fingerprint density at radius 3 is 2.82 bits per heavy atom. The molecule has 62 valence electrons. The lowest BCUT2D eigenvalue weighted by molar-refractivity contribution is -0.119. The summed E-state index contributed by atoms with van der Waals surface area (Å²) in [6, 6.07) is 0. The number of nitrogens with one attached hydrogen (secondary N) is 2. The SMILES string of the molecule is CC#CCCNCC(=O)NC. The van der Waals surface area contributed by atoms with Gasteiger partial charge in [0, 0.05) is 20.0 Å². The fourth-order valence-electron chi connectivity index (χ4n) is 0.566. The van der Waals surface area contributed by atoms with Crippen molar-refractivity contribution in [2.24, 2.45) is 0 Å². The first-order valence-corrected chi connectivity index (χ1v) is 3.62. The maximum atomic E-state index is 10.6. The highest BCUT2D eigenvalue weighted by Crippen LogP contribution is 1.70. The van der Waals surface area contributed by atoms with E-state index in [0.29, 0.717) is 6.54 Å². The van der Waals surface area contributed by atoms with E-state index in [-0.39, 0.29) is 5.91 Å². The first-order valence-electron chi connectivity index (χ1n) is 3.62. The van der Waals surface area contributed by atoms with Crippen LogP contribution in [0.3, 0.4) is 0 Å². The van der Waals surface area contributed by atoms with Gasteiger partial charge in [0.1, 0.15) is 0 Å². The Hall–Kier alpha value is -1.01. The standard InChI is InChI=1S/C8H14N2O/c1-3-4-5-6-10-7-8(11)9-2/h10H,5-7H2,1-2H3,(H,9,11). The lowest BCUT2D eigenvalue weighted by atomic mass is 10.4. The summed E-state index contributed by atoms with van der Waals surface area (Å²) in [6.07, 6.45) is 0.799. The minimum absolute atomic E-state index is 0.00876. The summed E-state index contributed by atoms with van der Waals surface area (Å²) in [5.74, 6) is 5.68. The van der Waals surface area contributed by atoms with Crippen LogP contribution in [0.4, 0.5) is 0 Å². The van der Waals surface area contributed by atoms with E-state index in [1.165, 1.54) is 0 Å². The molecule has 0 saturated heterocycles. The average molecular weight is 154 g/mol. The van der Waals surface area contributed by atoms with Gasteiger partial charge in [-0.15, -0.1) is 11.8 Å². The van der Waals surface area contributed by atoms with Gasteiger partial charge in [-0.25, -0.2) is 0 Å². The van der Waals surface area contributed by atoms with E-state index >= 15 is 0 Å². The van der Waals surface area contributed by atoms with Crippen LogP contribution in [-0.2, 0) is 4.79 Å². The summed E-state index contributed by atoms with van der Waals surface area (Å²) in [4.78, 5) is 10.6.